The largest absolute Gasteiger partial charge is 0.415 e. The maximum Gasteiger partial charge on any atom is 0.415 e. The standard InChI is InChI=1S/C15H16N2O3/c18-15(17-9-11-19-12-10-17)20-14-5-3-13(4-6-14)16-7-1-2-8-16/h1-8H,9-12H2. The summed E-state index contributed by atoms with van der Waals surface area (Å²) in [6.45, 7) is 2.31. The van der Waals surface area contributed by atoms with Gasteiger partial charge >= 0.3 is 6.09 Å². The van der Waals surface area contributed by atoms with Crippen molar-refractivity contribution in [3.63, 3.8) is 0 Å². The molecule has 1 amide bonds. The molecular weight excluding hydrogens is 256 g/mol. The predicted molar refractivity (Wildman–Crippen MR) is 74.2 cm³/mol. The molecule has 1 aromatic heterocycles. The highest BCUT2D eigenvalue weighted by Crippen LogP contribution is 2.16. The molecule has 5 heteroatoms. The van der Waals surface area contributed by atoms with Crippen LogP contribution in [0.25, 0.3) is 5.69 Å². The third-order valence-corrected chi connectivity index (χ3v) is 3.21. The minimum Gasteiger partial charge on any atom is -0.410 e. The highest BCUT2D eigenvalue weighted by Gasteiger charge is 2.18. The van der Waals surface area contributed by atoms with E-state index in [-0.39, 0.29) is 6.09 Å². The Bertz CT molecular complexity index is 557. The quantitative estimate of drug-likeness (QED) is 0.842. The van der Waals surface area contributed by atoms with Crippen LogP contribution in [-0.4, -0.2) is 41.9 Å². The molecule has 3 rings (SSSR count). The Hall–Kier alpha value is -2.27. The third-order valence-electron chi connectivity index (χ3n) is 3.21. The Morgan fingerprint density at radius 3 is 2.35 bits per heavy atom. The fourth-order valence-corrected chi connectivity index (χ4v) is 2.10. The monoisotopic (exact) mass is 272 g/mol. The van der Waals surface area contributed by atoms with Gasteiger partial charge in [0.2, 0.25) is 0 Å². The summed E-state index contributed by atoms with van der Waals surface area (Å²) in [6.07, 6.45) is 3.62. The summed E-state index contributed by atoms with van der Waals surface area (Å²) < 4.78 is 12.5. The van der Waals surface area contributed by atoms with Crippen molar-refractivity contribution in [2.45, 2.75) is 0 Å². The molecule has 1 aliphatic heterocycles. The van der Waals surface area contributed by atoms with Crippen molar-refractivity contribution in [1.82, 2.24) is 9.47 Å². The topological polar surface area (TPSA) is 43.7 Å². The number of carbonyl (C=O) groups is 1. The molecule has 104 valence electrons. The van der Waals surface area contributed by atoms with E-state index in [9.17, 15) is 4.79 Å². The lowest BCUT2D eigenvalue weighted by Crippen LogP contribution is -2.42. The molecule has 0 unspecified atom stereocenters. The Balaban J connectivity index is 1.64. The normalized spacial score (nSPS) is 15.1. The zero-order chi connectivity index (χ0) is 13.8. The number of aromatic nitrogens is 1. The summed E-state index contributed by atoms with van der Waals surface area (Å²) in [5.74, 6) is 0.553. The number of hydrogen-bond acceptors (Lipinski definition) is 3. The van der Waals surface area contributed by atoms with Gasteiger partial charge in [-0.1, -0.05) is 0 Å². The van der Waals surface area contributed by atoms with Crippen LogP contribution in [0.3, 0.4) is 0 Å². The molecule has 1 saturated heterocycles. The van der Waals surface area contributed by atoms with Crippen molar-refractivity contribution in [3.05, 3.63) is 48.8 Å². The number of amides is 1. The molecule has 0 atom stereocenters. The van der Waals surface area contributed by atoms with Crippen LogP contribution in [0.2, 0.25) is 0 Å². The van der Waals surface area contributed by atoms with Crippen LogP contribution < -0.4 is 4.74 Å². The van der Waals surface area contributed by atoms with Gasteiger partial charge in [0.1, 0.15) is 5.75 Å². The maximum absolute atomic E-state index is 11.9. The number of hydrogen-bond donors (Lipinski definition) is 0. The molecule has 1 fully saturated rings. The van der Waals surface area contributed by atoms with E-state index >= 15 is 0 Å². The van der Waals surface area contributed by atoms with E-state index in [1.54, 1.807) is 17.0 Å². The van der Waals surface area contributed by atoms with Crippen LogP contribution in [0.1, 0.15) is 0 Å². The van der Waals surface area contributed by atoms with Gasteiger partial charge in [-0.05, 0) is 36.4 Å². The fraction of sp³-hybridized carbons (Fsp3) is 0.267. The van der Waals surface area contributed by atoms with Crippen LogP contribution >= 0.6 is 0 Å². The summed E-state index contributed by atoms with van der Waals surface area (Å²) >= 11 is 0. The molecule has 1 aliphatic rings. The molecule has 0 bridgehead atoms. The first-order valence-electron chi connectivity index (χ1n) is 6.61. The summed E-state index contributed by atoms with van der Waals surface area (Å²) in [4.78, 5) is 13.6. The minimum atomic E-state index is -0.318. The third kappa shape index (κ3) is 2.83. The minimum absolute atomic E-state index is 0.318. The van der Waals surface area contributed by atoms with Gasteiger partial charge in [0, 0.05) is 31.2 Å². The average molecular weight is 272 g/mol. The van der Waals surface area contributed by atoms with Crippen LogP contribution in [0.4, 0.5) is 4.79 Å². The van der Waals surface area contributed by atoms with Gasteiger partial charge in [0.25, 0.3) is 0 Å². The van der Waals surface area contributed by atoms with Gasteiger partial charge in [0.05, 0.1) is 13.2 Å². The van der Waals surface area contributed by atoms with Crippen LogP contribution in [0.5, 0.6) is 5.75 Å². The van der Waals surface area contributed by atoms with E-state index in [1.807, 2.05) is 41.2 Å². The van der Waals surface area contributed by atoms with Crippen molar-refractivity contribution in [1.29, 1.82) is 0 Å². The number of nitrogens with zero attached hydrogens (tertiary/aromatic N) is 2. The number of benzene rings is 1. The number of ether oxygens (including phenoxy) is 2. The van der Waals surface area contributed by atoms with Crippen molar-refractivity contribution in [2.75, 3.05) is 26.3 Å². The highest BCUT2D eigenvalue weighted by atomic mass is 16.6. The van der Waals surface area contributed by atoms with Crippen molar-refractivity contribution in [3.8, 4) is 11.4 Å². The van der Waals surface area contributed by atoms with Gasteiger partial charge in [-0.3, -0.25) is 0 Å². The molecule has 1 aromatic carbocycles. The zero-order valence-electron chi connectivity index (χ0n) is 11.1. The second kappa shape index (κ2) is 5.79. The molecule has 0 radical (unpaired) electrons. The molecule has 5 nitrogen and oxygen atoms in total. The van der Waals surface area contributed by atoms with Gasteiger partial charge in [-0.15, -0.1) is 0 Å². The van der Waals surface area contributed by atoms with Gasteiger partial charge in [0.15, 0.2) is 0 Å². The zero-order valence-corrected chi connectivity index (χ0v) is 11.1. The van der Waals surface area contributed by atoms with Crippen molar-refractivity contribution >= 4 is 6.09 Å². The van der Waals surface area contributed by atoms with Gasteiger partial charge < -0.3 is 18.9 Å². The molecule has 0 N–H and O–H groups in total. The smallest absolute Gasteiger partial charge is 0.410 e. The molecule has 20 heavy (non-hydrogen) atoms. The molecule has 0 aliphatic carbocycles. The van der Waals surface area contributed by atoms with E-state index in [0.29, 0.717) is 32.1 Å². The van der Waals surface area contributed by atoms with Crippen molar-refractivity contribution in [2.24, 2.45) is 0 Å². The molecule has 2 heterocycles. The van der Waals surface area contributed by atoms with Crippen LogP contribution in [0, 0.1) is 0 Å². The molecule has 0 spiro atoms. The van der Waals surface area contributed by atoms with Gasteiger partial charge in [-0.25, -0.2) is 4.79 Å². The molecular formula is C15H16N2O3. The first-order chi connectivity index (χ1) is 9.83. The van der Waals surface area contributed by atoms with Crippen molar-refractivity contribution < 1.29 is 14.3 Å². The number of morpholine rings is 1. The summed E-state index contributed by atoms with van der Waals surface area (Å²) in [7, 11) is 0. The summed E-state index contributed by atoms with van der Waals surface area (Å²) in [5.41, 5.74) is 1.03. The lowest BCUT2D eigenvalue weighted by atomic mass is 10.3. The SMILES string of the molecule is O=C(Oc1ccc(-n2cccc2)cc1)N1CCOCC1. The Labute approximate surface area is 117 Å². The van der Waals surface area contributed by atoms with E-state index in [0.717, 1.165) is 5.69 Å². The first kappa shape index (κ1) is 12.7. The second-order valence-electron chi connectivity index (χ2n) is 4.55. The highest BCUT2D eigenvalue weighted by molar-refractivity contribution is 5.70. The number of carbonyl (C=O) groups excluding carboxylic acids is 1. The van der Waals surface area contributed by atoms with Crippen LogP contribution in [0.15, 0.2) is 48.8 Å². The lowest BCUT2D eigenvalue weighted by molar-refractivity contribution is 0.0416. The molecule has 2 aromatic rings. The Morgan fingerprint density at radius 1 is 1.05 bits per heavy atom. The summed E-state index contributed by atoms with van der Waals surface area (Å²) in [5, 5.41) is 0. The van der Waals surface area contributed by atoms with Gasteiger partial charge in [-0.2, -0.15) is 0 Å². The van der Waals surface area contributed by atoms with Crippen LogP contribution in [-0.2, 0) is 4.74 Å². The van der Waals surface area contributed by atoms with E-state index < -0.39 is 0 Å². The number of rotatable bonds is 2. The van der Waals surface area contributed by atoms with E-state index in [2.05, 4.69) is 0 Å². The summed E-state index contributed by atoms with van der Waals surface area (Å²) in [6, 6.07) is 11.4. The predicted octanol–water partition coefficient (Wildman–Crippen LogP) is 2.31. The van der Waals surface area contributed by atoms with E-state index in [1.165, 1.54) is 0 Å². The Kier molecular flexibility index (Phi) is 3.69. The maximum atomic E-state index is 11.9. The Morgan fingerprint density at radius 2 is 1.70 bits per heavy atom. The first-order valence-corrected chi connectivity index (χ1v) is 6.61. The fourth-order valence-electron chi connectivity index (χ4n) is 2.10. The van der Waals surface area contributed by atoms with E-state index in [4.69, 9.17) is 9.47 Å². The average Bonchev–Trinajstić information content (AvgIpc) is 3.03. The second-order valence-corrected chi connectivity index (χ2v) is 4.55. The molecule has 0 saturated carbocycles. The lowest BCUT2D eigenvalue weighted by Gasteiger charge is -2.25.